The standard InChI is InChI=1S/C22H28N8O/c1-14-24-19-6-5-18(26-21(19)29(14)9-10-31-4)17-7-8-30-20(17)13-23-22(27-30)25-15-11-16(12-15)28(2)3/h5-8,13,15-16H,9-12H2,1-4H3,(H,25,27)/t15-,16+. The average Bonchev–Trinajstić information content (AvgIpc) is 3.27. The van der Waals surface area contributed by atoms with Crippen LogP contribution in [0.1, 0.15) is 18.7 Å². The minimum atomic E-state index is 0.430. The molecule has 162 valence electrons. The van der Waals surface area contributed by atoms with Gasteiger partial charge in [0.1, 0.15) is 11.3 Å². The molecule has 4 aromatic rings. The lowest BCUT2D eigenvalue weighted by atomic mass is 9.86. The van der Waals surface area contributed by atoms with Gasteiger partial charge in [-0.1, -0.05) is 0 Å². The number of ether oxygens (including phenoxy) is 1. The van der Waals surface area contributed by atoms with Gasteiger partial charge in [-0.15, -0.1) is 5.10 Å². The largest absolute Gasteiger partial charge is 0.383 e. The molecule has 0 atom stereocenters. The third-order valence-electron chi connectivity index (χ3n) is 6.17. The predicted octanol–water partition coefficient (Wildman–Crippen LogP) is 2.60. The Balaban J connectivity index is 1.42. The first-order valence-corrected chi connectivity index (χ1v) is 10.6. The minimum Gasteiger partial charge on any atom is -0.383 e. The molecule has 0 aromatic carbocycles. The summed E-state index contributed by atoms with van der Waals surface area (Å²) < 4.78 is 9.21. The highest BCUT2D eigenvalue weighted by Crippen LogP contribution is 2.28. The highest BCUT2D eigenvalue weighted by Gasteiger charge is 2.31. The van der Waals surface area contributed by atoms with Gasteiger partial charge in [-0.3, -0.25) is 0 Å². The summed E-state index contributed by atoms with van der Waals surface area (Å²) in [4.78, 5) is 16.4. The molecule has 1 N–H and O–H groups in total. The number of aromatic nitrogens is 6. The number of methoxy groups -OCH3 is 1. The van der Waals surface area contributed by atoms with Crippen LogP contribution in [0.2, 0.25) is 0 Å². The van der Waals surface area contributed by atoms with Gasteiger partial charge in [0.2, 0.25) is 5.95 Å². The Morgan fingerprint density at radius 3 is 2.81 bits per heavy atom. The molecule has 0 unspecified atom stereocenters. The average molecular weight is 421 g/mol. The molecule has 0 saturated heterocycles. The number of nitrogens with one attached hydrogen (secondary N) is 1. The van der Waals surface area contributed by atoms with Crippen LogP contribution in [0.25, 0.3) is 27.9 Å². The second-order valence-corrected chi connectivity index (χ2v) is 8.41. The van der Waals surface area contributed by atoms with Crippen molar-refractivity contribution in [3.8, 4) is 11.3 Å². The molecule has 4 aromatic heterocycles. The van der Waals surface area contributed by atoms with Crippen LogP contribution in [0.5, 0.6) is 0 Å². The van der Waals surface area contributed by atoms with E-state index in [1.807, 2.05) is 42.0 Å². The molecule has 0 amide bonds. The molecule has 9 nitrogen and oxygen atoms in total. The van der Waals surface area contributed by atoms with Crippen molar-refractivity contribution >= 4 is 22.6 Å². The van der Waals surface area contributed by atoms with Crippen molar-refractivity contribution in [1.82, 2.24) is 34.0 Å². The number of imidazole rings is 1. The molecule has 5 rings (SSSR count). The fourth-order valence-electron chi connectivity index (χ4n) is 4.21. The van der Waals surface area contributed by atoms with E-state index in [1.165, 1.54) is 0 Å². The highest BCUT2D eigenvalue weighted by molar-refractivity contribution is 5.82. The van der Waals surface area contributed by atoms with E-state index in [0.717, 1.165) is 53.1 Å². The number of nitrogens with zero attached hydrogens (tertiary/aromatic N) is 7. The van der Waals surface area contributed by atoms with E-state index in [9.17, 15) is 0 Å². The van der Waals surface area contributed by atoms with Gasteiger partial charge in [-0.2, -0.15) is 0 Å². The molecule has 1 saturated carbocycles. The summed E-state index contributed by atoms with van der Waals surface area (Å²) in [6.45, 7) is 3.34. The van der Waals surface area contributed by atoms with Gasteiger partial charge < -0.3 is 19.5 Å². The zero-order valence-electron chi connectivity index (χ0n) is 18.4. The Kier molecular flexibility index (Phi) is 5.07. The van der Waals surface area contributed by atoms with Crippen LogP contribution in [-0.4, -0.2) is 73.9 Å². The SMILES string of the molecule is COCCn1c(C)nc2ccc(-c3ccn4nc(N[C@H]5C[C@@H](N(C)C)C5)ncc34)nc21. The molecule has 1 fully saturated rings. The maximum atomic E-state index is 5.24. The smallest absolute Gasteiger partial charge is 0.241 e. The minimum absolute atomic E-state index is 0.430. The number of anilines is 1. The molecule has 0 radical (unpaired) electrons. The normalized spacial score (nSPS) is 18.7. The zero-order chi connectivity index (χ0) is 21.5. The number of aryl methyl sites for hydroxylation is 1. The van der Waals surface area contributed by atoms with Crippen LogP contribution >= 0.6 is 0 Å². The van der Waals surface area contributed by atoms with Gasteiger partial charge in [0.15, 0.2) is 5.65 Å². The Labute approximate surface area is 181 Å². The lowest BCUT2D eigenvalue weighted by molar-refractivity contribution is 0.177. The van der Waals surface area contributed by atoms with E-state index in [2.05, 4.69) is 43.9 Å². The molecule has 0 spiro atoms. The molecule has 9 heteroatoms. The highest BCUT2D eigenvalue weighted by atomic mass is 16.5. The second-order valence-electron chi connectivity index (χ2n) is 8.41. The first-order chi connectivity index (χ1) is 15.0. The van der Waals surface area contributed by atoms with E-state index in [4.69, 9.17) is 9.72 Å². The maximum Gasteiger partial charge on any atom is 0.241 e. The Bertz CT molecular complexity index is 1220. The topological polar surface area (TPSA) is 85.4 Å². The maximum absolute atomic E-state index is 5.24. The molecule has 4 heterocycles. The predicted molar refractivity (Wildman–Crippen MR) is 120 cm³/mol. The van der Waals surface area contributed by atoms with Crippen LogP contribution in [0.3, 0.4) is 0 Å². The van der Waals surface area contributed by atoms with Crippen molar-refractivity contribution in [3.05, 3.63) is 36.4 Å². The van der Waals surface area contributed by atoms with Crippen molar-refractivity contribution in [2.24, 2.45) is 0 Å². The van der Waals surface area contributed by atoms with Crippen LogP contribution in [0.15, 0.2) is 30.6 Å². The number of hydrogen-bond donors (Lipinski definition) is 1. The Morgan fingerprint density at radius 2 is 2.03 bits per heavy atom. The van der Waals surface area contributed by atoms with E-state index in [-0.39, 0.29) is 0 Å². The van der Waals surface area contributed by atoms with Gasteiger partial charge in [0.05, 0.1) is 24.0 Å². The number of fused-ring (bicyclic) bond motifs is 2. The molecular formula is C22H28N8O. The first kappa shape index (κ1) is 19.9. The molecule has 0 aliphatic heterocycles. The lowest BCUT2D eigenvalue weighted by Gasteiger charge is -2.39. The molecule has 0 bridgehead atoms. The third-order valence-corrected chi connectivity index (χ3v) is 6.17. The van der Waals surface area contributed by atoms with Gasteiger partial charge in [0, 0.05) is 37.5 Å². The summed E-state index contributed by atoms with van der Waals surface area (Å²) in [7, 11) is 5.96. The van der Waals surface area contributed by atoms with Crippen molar-refractivity contribution < 1.29 is 4.74 Å². The Hall–Kier alpha value is -3.04. The fraction of sp³-hybridized carbons (Fsp3) is 0.455. The van der Waals surface area contributed by atoms with Gasteiger partial charge in [0.25, 0.3) is 0 Å². The third kappa shape index (κ3) is 3.64. The van der Waals surface area contributed by atoms with Crippen LogP contribution in [0.4, 0.5) is 5.95 Å². The summed E-state index contributed by atoms with van der Waals surface area (Å²) in [6, 6.07) is 7.13. The number of pyridine rings is 1. The first-order valence-electron chi connectivity index (χ1n) is 10.6. The van der Waals surface area contributed by atoms with Gasteiger partial charge in [-0.25, -0.2) is 19.5 Å². The fourth-order valence-corrected chi connectivity index (χ4v) is 4.21. The van der Waals surface area contributed by atoms with E-state index in [0.29, 0.717) is 24.6 Å². The quantitative estimate of drug-likeness (QED) is 0.492. The van der Waals surface area contributed by atoms with Crippen LogP contribution in [0, 0.1) is 6.92 Å². The van der Waals surface area contributed by atoms with Gasteiger partial charge in [-0.05, 0) is 52.1 Å². The summed E-state index contributed by atoms with van der Waals surface area (Å²) >= 11 is 0. The molecular weight excluding hydrogens is 392 g/mol. The molecule has 31 heavy (non-hydrogen) atoms. The van der Waals surface area contributed by atoms with E-state index in [1.54, 1.807) is 7.11 Å². The molecule has 1 aliphatic carbocycles. The van der Waals surface area contributed by atoms with Crippen molar-refractivity contribution in [1.29, 1.82) is 0 Å². The summed E-state index contributed by atoms with van der Waals surface area (Å²) in [5, 5.41) is 8.11. The van der Waals surface area contributed by atoms with Gasteiger partial charge >= 0.3 is 0 Å². The van der Waals surface area contributed by atoms with Crippen LogP contribution < -0.4 is 5.32 Å². The number of rotatable bonds is 7. The summed E-state index contributed by atoms with van der Waals surface area (Å²) in [5.41, 5.74) is 4.57. The second kappa shape index (κ2) is 7.90. The van der Waals surface area contributed by atoms with Crippen molar-refractivity contribution in [2.45, 2.75) is 38.4 Å². The Morgan fingerprint density at radius 1 is 1.19 bits per heavy atom. The monoisotopic (exact) mass is 420 g/mol. The van der Waals surface area contributed by atoms with Crippen molar-refractivity contribution in [3.63, 3.8) is 0 Å². The van der Waals surface area contributed by atoms with E-state index >= 15 is 0 Å². The lowest BCUT2D eigenvalue weighted by Crippen LogP contribution is -2.47. The summed E-state index contributed by atoms with van der Waals surface area (Å²) in [5.74, 6) is 1.60. The van der Waals surface area contributed by atoms with Crippen molar-refractivity contribution in [2.75, 3.05) is 33.1 Å². The molecule has 1 aliphatic rings. The zero-order valence-corrected chi connectivity index (χ0v) is 18.4. The summed E-state index contributed by atoms with van der Waals surface area (Å²) in [6.07, 6.45) is 6.06. The van der Waals surface area contributed by atoms with E-state index < -0.39 is 0 Å². The number of hydrogen-bond acceptors (Lipinski definition) is 7. The van der Waals surface area contributed by atoms with Crippen LogP contribution in [-0.2, 0) is 11.3 Å².